The number of hydrogen-bond donors (Lipinski definition) is 0. The zero-order valence-electron chi connectivity index (χ0n) is 15.1. The molecule has 1 atom stereocenters. The molecule has 0 aromatic rings. The Kier molecular flexibility index (Phi) is 14.4. The molecule has 1 nitrogen and oxygen atoms in total. The van der Waals surface area contributed by atoms with Crippen molar-refractivity contribution in [1.29, 1.82) is 0 Å². The molecule has 0 radical (unpaired) electrons. The molecule has 0 rings (SSSR count). The topological polar surface area (TPSA) is 9.23 Å². The average molecular weight is 335 g/mol. The van der Waals surface area contributed by atoms with Crippen LogP contribution < -0.4 is 0 Å². The van der Waals surface area contributed by atoms with Crippen LogP contribution in [0.25, 0.3) is 0 Å². The first-order chi connectivity index (χ1) is 10.1. The number of halogens is 1. The molecule has 0 saturated heterocycles. The molecule has 0 spiro atoms. The Morgan fingerprint density at radius 1 is 0.762 bits per heavy atom. The van der Waals surface area contributed by atoms with Crippen LogP contribution in [0.3, 0.4) is 0 Å². The van der Waals surface area contributed by atoms with Gasteiger partial charge in [-0.05, 0) is 25.9 Å². The van der Waals surface area contributed by atoms with Gasteiger partial charge in [-0.25, -0.2) is 0 Å². The van der Waals surface area contributed by atoms with E-state index in [1.54, 1.807) is 0 Å². The largest absolute Gasteiger partial charge is 0.413 e. The van der Waals surface area contributed by atoms with Gasteiger partial charge in [0.2, 0.25) is 8.32 Å². The first kappa shape index (κ1) is 21.5. The highest BCUT2D eigenvalue weighted by molar-refractivity contribution is 6.77. The molecule has 0 heterocycles. The van der Waals surface area contributed by atoms with Crippen LogP contribution in [-0.4, -0.2) is 19.9 Å². The molecular formula is C18H39ClOSi. The summed E-state index contributed by atoms with van der Waals surface area (Å²) < 4.78 is 6.40. The van der Waals surface area contributed by atoms with Crippen molar-refractivity contribution in [1.82, 2.24) is 0 Å². The van der Waals surface area contributed by atoms with E-state index in [9.17, 15) is 0 Å². The van der Waals surface area contributed by atoms with E-state index in [0.717, 1.165) is 5.50 Å². The monoisotopic (exact) mass is 334 g/mol. The molecule has 0 N–H and O–H groups in total. The molecule has 0 aromatic carbocycles. The van der Waals surface area contributed by atoms with E-state index < -0.39 is 8.32 Å². The van der Waals surface area contributed by atoms with Crippen LogP contribution in [-0.2, 0) is 4.43 Å². The minimum Gasteiger partial charge on any atom is -0.413 e. The fraction of sp³-hybridized carbons (Fsp3) is 1.00. The van der Waals surface area contributed by atoms with Gasteiger partial charge in [-0.1, -0.05) is 78.1 Å². The lowest BCUT2D eigenvalue weighted by molar-refractivity contribution is 0.165. The summed E-state index contributed by atoms with van der Waals surface area (Å²) in [4.78, 5) is 0. The van der Waals surface area contributed by atoms with E-state index in [1.807, 2.05) is 0 Å². The maximum atomic E-state index is 6.40. The van der Waals surface area contributed by atoms with Crippen LogP contribution in [0.15, 0.2) is 0 Å². The lowest BCUT2D eigenvalue weighted by Gasteiger charge is -2.28. The van der Waals surface area contributed by atoms with Crippen molar-refractivity contribution in [2.75, 3.05) is 5.50 Å². The van der Waals surface area contributed by atoms with Crippen molar-refractivity contribution in [3.05, 3.63) is 0 Å². The van der Waals surface area contributed by atoms with Crippen molar-refractivity contribution in [2.24, 2.45) is 0 Å². The van der Waals surface area contributed by atoms with Gasteiger partial charge < -0.3 is 4.43 Å². The standard InChI is InChI=1S/C18H39ClOSi/c1-5-7-9-11-12-14-16-18(15-13-10-8-6-2)20-21(3,4)17-19/h18H,5-17H2,1-4H3. The zero-order chi connectivity index (χ0) is 16.0. The summed E-state index contributed by atoms with van der Waals surface area (Å²) in [6, 6.07) is 0. The Bertz CT molecular complexity index is 221. The molecular weight excluding hydrogens is 296 g/mol. The van der Waals surface area contributed by atoms with Gasteiger partial charge in [-0.3, -0.25) is 0 Å². The summed E-state index contributed by atoms with van der Waals surface area (Å²) in [5.74, 6) is 0. The second-order valence-corrected chi connectivity index (χ2v) is 11.9. The van der Waals surface area contributed by atoms with E-state index in [-0.39, 0.29) is 0 Å². The van der Waals surface area contributed by atoms with Crippen LogP contribution in [0.5, 0.6) is 0 Å². The summed E-state index contributed by atoms with van der Waals surface area (Å²) in [5.41, 5.74) is 0.717. The molecule has 0 aliphatic heterocycles. The predicted molar refractivity (Wildman–Crippen MR) is 99.8 cm³/mol. The lowest BCUT2D eigenvalue weighted by Crippen LogP contribution is -2.38. The second kappa shape index (κ2) is 14.1. The molecule has 0 aliphatic rings. The van der Waals surface area contributed by atoms with Gasteiger partial charge in [-0.15, -0.1) is 11.6 Å². The van der Waals surface area contributed by atoms with Gasteiger partial charge in [0.05, 0.1) is 0 Å². The Balaban J connectivity index is 3.94. The van der Waals surface area contributed by atoms with Gasteiger partial charge >= 0.3 is 0 Å². The molecule has 21 heavy (non-hydrogen) atoms. The summed E-state index contributed by atoms with van der Waals surface area (Å²) in [5, 5.41) is 0. The number of hydrogen-bond acceptors (Lipinski definition) is 1. The van der Waals surface area contributed by atoms with Crippen LogP contribution in [0.4, 0.5) is 0 Å². The zero-order valence-corrected chi connectivity index (χ0v) is 16.8. The van der Waals surface area contributed by atoms with Gasteiger partial charge in [-0.2, -0.15) is 0 Å². The molecule has 0 amide bonds. The van der Waals surface area contributed by atoms with Gasteiger partial charge in [0.25, 0.3) is 0 Å². The van der Waals surface area contributed by atoms with E-state index in [0.29, 0.717) is 6.10 Å². The summed E-state index contributed by atoms with van der Waals surface area (Å²) in [6.07, 6.45) is 16.5. The maximum Gasteiger partial charge on any atom is 0.201 e. The quantitative estimate of drug-likeness (QED) is 0.177. The van der Waals surface area contributed by atoms with E-state index in [4.69, 9.17) is 16.0 Å². The molecule has 1 unspecified atom stereocenters. The number of rotatable bonds is 15. The maximum absolute atomic E-state index is 6.40. The molecule has 3 heteroatoms. The van der Waals surface area contributed by atoms with Crippen molar-refractivity contribution in [3.63, 3.8) is 0 Å². The highest BCUT2D eigenvalue weighted by atomic mass is 35.5. The smallest absolute Gasteiger partial charge is 0.201 e. The Morgan fingerprint density at radius 3 is 1.67 bits per heavy atom. The lowest BCUT2D eigenvalue weighted by atomic mass is 10.0. The van der Waals surface area contributed by atoms with Crippen LogP contribution >= 0.6 is 11.6 Å². The van der Waals surface area contributed by atoms with Crippen molar-refractivity contribution < 1.29 is 4.43 Å². The fourth-order valence-corrected chi connectivity index (χ4v) is 4.09. The Morgan fingerprint density at radius 2 is 1.19 bits per heavy atom. The van der Waals surface area contributed by atoms with Gasteiger partial charge in [0, 0.05) is 11.6 Å². The normalized spacial score (nSPS) is 13.6. The van der Waals surface area contributed by atoms with Crippen molar-refractivity contribution in [3.8, 4) is 0 Å². The first-order valence-corrected chi connectivity index (χ1v) is 12.9. The highest BCUT2D eigenvalue weighted by Gasteiger charge is 2.25. The number of unbranched alkanes of at least 4 members (excludes halogenated alkanes) is 8. The number of alkyl halides is 1. The third kappa shape index (κ3) is 13.8. The van der Waals surface area contributed by atoms with Gasteiger partial charge in [0.15, 0.2) is 0 Å². The minimum absolute atomic E-state index is 0.466. The van der Waals surface area contributed by atoms with Crippen LogP contribution in [0.1, 0.15) is 90.9 Å². The molecule has 0 aromatic heterocycles. The fourth-order valence-electron chi connectivity index (χ4n) is 2.70. The van der Waals surface area contributed by atoms with E-state index in [2.05, 4.69) is 26.9 Å². The summed E-state index contributed by atoms with van der Waals surface area (Å²) in [7, 11) is -1.62. The summed E-state index contributed by atoms with van der Waals surface area (Å²) >= 11 is 6.08. The SMILES string of the molecule is CCCCCCCCC(CCCCCC)O[Si](C)(C)CCl. The van der Waals surface area contributed by atoms with Crippen molar-refractivity contribution in [2.45, 2.75) is 110 Å². The predicted octanol–water partition coefficient (Wildman–Crippen LogP) is 7.08. The molecule has 0 saturated carbocycles. The van der Waals surface area contributed by atoms with E-state index >= 15 is 0 Å². The Hall–Kier alpha value is 0.467. The molecule has 0 fully saturated rings. The molecule has 0 bridgehead atoms. The highest BCUT2D eigenvalue weighted by Crippen LogP contribution is 2.20. The summed E-state index contributed by atoms with van der Waals surface area (Å²) in [6.45, 7) is 9.05. The Labute approximate surface area is 140 Å². The van der Waals surface area contributed by atoms with Crippen LogP contribution in [0, 0.1) is 0 Å². The second-order valence-electron chi connectivity index (χ2n) is 7.04. The van der Waals surface area contributed by atoms with E-state index in [1.165, 1.54) is 77.0 Å². The average Bonchev–Trinajstić information content (AvgIpc) is 2.46. The minimum atomic E-state index is -1.62. The third-order valence-corrected chi connectivity index (χ3v) is 7.61. The first-order valence-electron chi connectivity index (χ1n) is 9.29. The van der Waals surface area contributed by atoms with Crippen molar-refractivity contribution >= 4 is 19.9 Å². The molecule has 0 aliphatic carbocycles. The third-order valence-electron chi connectivity index (χ3n) is 4.07. The molecule has 128 valence electrons. The van der Waals surface area contributed by atoms with Crippen LogP contribution in [0.2, 0.25) is 13.1 Å². The van der Waals surface area contributed by atoms with Gasteiger partial charge in [0.1, 0.15) is 0 Å².